The van der Waals surface area contributed by atoms with E-state index in [9.17, 15) is 0 Å². The SMILES string of the molecule is COc1cccc(-c2nc(NCc3ccc(OC)cc3OC)c3ccccc3n2)c1. The highest BCUT2D eigenvalue weighted by Crippen LogP contribution is 2.29. The van der Waals surface area contributed by atoms with Gasteiger partial charge >= 0.3 is 0 Å². The number of hydrogen-bond donors (Lipinski definition) is 1. The summed E-state index contributed by atoms with van der Waals surface area (Å²) in [5.74, 6) is 3.67. The highest BCUT2D eigenvalue weighted by atomic mass is 16.5. The van der Waals surface area contributed by atoms with Gasteiger partial charge in [-0.05, 0) is 36.4 Å². The molecule has 1 N–H and O–H groups in total. The Morgan fingerprint density at radius 1 is 0.767 bits per heavy atom. The average Bonchev–Trinajstić information content (AvgIpc) is 2.82. The molecule has 0 spiro atoms. The number of benzene rings is 3. The molecule has 0 aliphatic carbocycles. The molecule has 0 aliphatic heterocycles. The van der Waals surface area contributed by atoms with Gasteiger partial charge in [-0.15, -0.1) is 0 Å². The quantitative estimate of drug-likeness (QED) is 0.473. The predicted molar refractivity (Wildman–Crippen MR) is 118 cm³/mol. The maximum Gasteiger partial charge on any atom is 0.162 e. The number of para-hydroxylation sites is 1. The lowest BCUT2D eigenvalue weighted by atomic mass is 10.1. The Kier molecular flexibility index (Phi) is 5.66. The summed E-state index contributed by atoms with van der Waals surface area (Å²) < 4.78 is 16.1. The molecule has 3 aromatic carbocycles. The Balaban J connectivity index is 1.71. The molecule has 1 heterocycles. The van der Waals surface area contributed by atoms with E-state index in [1.807, 2.05) is 66.7 Å². The van der Waals surface area contributed by atoms with Crippen LogP contribution in [0.1, 0.15) is 5.56 Å². The Labute approximate surface area is 175 Å². The van der Waals surface area contributed by atoms with Gasteiger partial charge in [0.25, 0.3) is 0 Å². The second-order valence-corrected chi connectivity index (χ2v) is 6.68. The third-order valence-electron chi connectivity index (χ3n) is 4.87. The van der Waals surface area contributed by atoms with Gasteiger partial charge < -0.3 is 19.5 Å². The van der Waals surface area contributed by atoms with Crippen LogP contribution in [0.3, 0.4) is 0 Å². The van der Waals surface area contributed by atoms with E-state index >= 15 is 0 Å². The summed E-state index contributed by atoms with van der Waals surface area (Å²) in [4.78, 5) is 9.55. The highest BCUT2D eigenvalue weighted by Gasteiger charge is 2.11. The predicted octanol–water partition coefficient (Wildman–Crippen LogP) is 4.93. The largest absolute Gasteiger partial charge is 0.497 e. The maximum absolute atomic E-state index is 5.52. The first-order chi connectivity index (χ1) is 14.7. The van der Waals surface area contributed by atoms with Gasteiger partial charge in [0.1, 0.15) is 23.1 Å². The van der Waals surface area contributed by atoms with Crippen molar-refractivity contribution < 1.29 is 14.2 Å². The zero-order valence-electron chi connectivity index (χ0n) is 17.2. The van der Waals surface area contributed by atoms with Crippen LogP contribution in [-0.4, -0.2) is 31.3 Å². The van der Waals surface area contributed by atoms with Crippen LogP contribution in [0.2, 0.25) is 0 Å². The van der Waals surface area contributed by atoms with Crippen molar-refractivity contribution in [3.05, 3.63) is 72.3 Å². The number of fused-ring (bicyclic) bond motifs is 1. The van der Waals surface area contributed by atoms with Crippen LogP contribution in [0, 0.1) is 0 Å². The van der Waals surface area contributed by atoms with E-state index in [1.54, 1.807) is 21.3 Å². The second-order valence-electron chi connectivity index (χ2n) is 6.68. The average molecular weight is 401 g/mol. The van der Waals surface area contributed by atoms with Crippen molar-refractivity contribution in [3.8, 4) is 28.6 Å². The molecule has 0 saturated heterocycles. The summed E-state index contributed by atoms with van der Waals surface area (Å²) in [6, 6.07) is 21.5. The van der Waals surface area contributed by atoms with Crippen molar-refractivity contribution in [2.24, 2.45) is 0 Å². The summed E-state index contributed by atoms with van der Waals surface area (Å²) in [7, 11) is 4.94. The van der Waals surface area contributed by atoms with Gasteiger partial charge in [-0.3, -0.25) is 0 Å². The van der Waals surface area contributed by atoms with E-state index in [0.717, 1.165) is 45.1 Å². The van der Waals surface area contributed by atoms with Crippen molar-refractivity contribution >= 4 is 16.7 Å². The lowest BCUT2D eigenvalue weighted by molar-refractivity contribution is 0.391. The summed E-state index contributed by atoms with van der Waals surface area (Å²) in [5.41, 5.74) is 2.77. The fourth-order valence-corrected chi connectivity index (χ4v) is 3.28. The number of methoxy groups -OCH3 is 3. The lowest BCUT2D eigenvalue weighted by Gasteiger charge is -2.14. The summed E-state index contributed by atoms with van der Waals surface area (Å²) >= 11 is 0. The molecule has 152 valence electrons. The van der Waals surface area contributed by atoms with Crippen molar-refractivity contribution in [3.63, 3.8) is 0 Å². The Morgan fingerprint density at radius 3 is 2.37 bits per heavy atom. The molecule has 0 fully saturated rings. The van der Waals surface area contributed by atoms with Crippen LogP contribution in [-0.2, 0) is 6.54 Å². The van der Waals surface area contributed by atoms with E-state index in [2.05, 4.69) is 5.32 Å². The smallest absolute Gasteiger partial charge is 0.162 e. The number of nitrogens with one attached hydrogen (secondary N) is 1. The molecule has 6 nitrogen and oxygen atoms in total. The second kappa shape index (κ2) is 8.69. The number of rotatable bonds is 7. The Hall–Kier alpha value is -3.80. The standard InChI is InChI=1S/C24H23N3O3/c1-28-18-8-6-7-16(13-18)23-26-21-10-5-4-9-20(21)24(27-23)25-15-17-11-12-19(29-2)14-22(17)30-3/h4-14H,15H2,1-3H3,(H,25,26,27). The molecule has 0 atom stereocenters. The fraction of sp³-hybridized carbons (Fsp3) is 0.167. The van der Waals surface area contributed by atoms with E-state index in [4.69, 9.17) is 24.2 Å². The number of ether oxygens (including phenoxy) is 3. The zero-order chi connectivity index (χ0) is 20.9. The van der Waals surface area contributed by atoms with Gasteiger partial charge in [0.15, 0.2) is 5.82 Å². The molecular weight excluding hydrogens is 378 g/mol. The molecule has 1 aromatic heterocycles. The first kappa shape index (κ1) is 19.5. The van der Waals surface area contributed by atoms with Crippen LogP contribution >= 0.6 is 0 Å². The van der Waals surface area contributed by atoms with Gasteiger partial charge in [0, 0.05) is 29.1 Å². The molecule has 4 aromatic rings. The fourth-order valence-electron chi connectivity index (χ4n) is 3.28. The first-order valence-electron chi connectivity index (χ1n) is 9.58. The van der Waals surface area contributed by atoms with Crippen LogP contribution < -0.4 is 19.5 Å². The minimum Gasteiger partial charge on any atom is -0.497 e. The molecule has 0 bridgehead atoms. The van der Waals surface area contributed by atoms with Crippen LogP contribution in [0.4, 0.5) is 5.82 Å². The minimum atomic E-state index is 0.547. The number of hydrogen-bond acceptors (Lipinski definition) is 6. The van der Waals surface area contributed by atoms with E-state index in [0.29, 0.717) is 12.4 Å². The summed E-state index contributed by atoms with van der Waals surface area (Å²) in [5, 5.41) is 4.41. The highest BCUT2D eigenvalue weighted by molar-refractivity contribution is 5.90. The normalized spacial score (nSPS) is 10.6. The molecule has 0 unspecified atom stereocenters. The lowest BCUT2D eigenvalue weighted by Crippen LogP contribution is -2.05. The van der Waals surface area contributed by atoms with E-state index in [-0.39, 0.29) is 0 Å². The van der Waals surface area contributed by atoms with E-state index < -0.39 is 0 Å². The molecule has 0 radical (unpaired) electrons. The Morgan fingerprint density at radius 2 is 1.57 bits per heavy atom. The molecule has 30 heavy (non-hydrogen) atoms. The van der Waals surface area contributed by atoms with Gasteiger partial charge in [0.2, 0.25) is 0 Å². The van der Waals surface area contributed by atoms with Crippen molar-refractivity contribution in [2.75, 3.05) is 26.6 Å². The third kappa shape index (κ3) is 3.98. The van der Waals surface area contributed by atoms with E-state index in [1.165, 1.54) is 0 Å². The minimum absolute atomic E-state index is 0.547. The zero-order valence-corrected chi connectivity index (χ0v) is 17.2. The van der Waals surface area contributed by atoms with Crippen molar-refractivity contribution in [1.82, 2.24) is 9.97 Å². The van der Waals surface area contributed by atoms with Crippen molar-refractivity contribution in [2.45, 2.75) is 6.54 Å². The molecular formula is C24H23N3O3. The monoisotopic (exact) mass is 401 g/mol. The molecule has 4 rings (SSSR count). The van der Waals surface area contributed by atoms with Crippen LogP contribution in [0.25, 0.3) is 22.3 Å². The summed E-state index contributed by atoms with van der Waals surface area (Å²) in [6.07, 6.45) is 0. The molecule has 0 aliphatic rings. The van der Waals surface area contributed by atoms with Crippen molar-refractivity contribution in [1.29, 1.82) is 0 Å². The van der Waals surface area contributed by atoms with Gasteiger partial charge in [-0.25, -0.2) is 9.97 Å². The number of aromatic nitrogens is 2. The Bertz CT molecular complexity index is 1180. The third-order valence-corrected chi connectivity index (χ3v) is 4.87. The topological polar surface area (TPSA) is 65.5 Å². The first-order valence-corrected chi connectivity index (χ1v) is 9.58. The van der Waals surface area contributed by atoms with Crippen LogP contribution in [0.5, 0.6) is 17.2 Å². The molecule has 6 heteroatoms. The molecule has 0 amide bonds. The number of nitrogens with zero attached hydrogens (tertiary/aromatic N) is 2. The molecule has 0 saturated carbocycles. The number of anilines is 1. The van der Waals surface area contributed by atoms with Gasteiger partial charge in [-0.1, -0.05) is 24.3 Å². The van der Waals surface area contributed by atoms with Gasteiger partial charge in [0.05, 0.1) is 26.8 Å². The van der Waals surface area contributed by atoms with Gasteiger partial charge in [-0.2, -0.15) is 0 Å². The summed E-state index contributed by atoms with van der Waals surface area (Å²) in [6.45, 7) is 0.547. The maximum atomic E-state index is 5.52. The van der Waals surface area contributed by atoms with Crippen LogP contribution in [0.15, 0.2) is 66.7 Å².